The highest BCUT2D eigenvalue weighted by Gasteiger charge is 2.10. The number of hydrogen-bond donors (Lipinski definition) is 2. The predicted octanol–water partition coefficient (Wildman–Crippen LogP) is 3.37. The molecule has 2 N–H and O–H groups in total. The van der Waals surface area contributed by atoms with Crippen LogP contribution in [0.5, 0.6) is 5.75 Å². The zero-order chi connectivity index (χ0) is 17.5. The van der Waals surface area contributed by atoms with Gasteiger partial charge in [-0.05, 0) is 36.8 Å². The van der Waals surface area contributed by atoms with E-state index in [1.807, 2.05) is 0 Å². The van der Waals surface area contributed by atoms with Crippen molar-refractivity contribution in [3.63, 3.8) is 0 Å². The van der Waals surface area contributed by atoms with Gasteiger partial charge in [0, 0.05) is 12.6 Å². The summed E-state index contributed by atoms with van der Waals surface area (Å²) in [6.07, 6.45) is 0. The molecule has 2 aromatic carbocycles. The lowest BCUT2D eigenvalue weighted by Crippen LogP contribution is -2.43. The van der Waals surface area contributed by atoms with Crippen LogP contribution in [0.15, 0.2) is 42.5 Å². The van der Waals surface area contributed by atoms with Gasteiger partial charge in [-0.1, -0.05) is 12.1 Å². The standard InChI is InChI=1S/C17H17F3N2O2/c1-11(10-24-16-7-6-14(19)8-15(16)20)22-17(23)21-9-12-2-4-13(18)5-3-12/h2-8,11H,9-10H2,1H3,(H2,21,22,23). The summed E-state index contributed by atoms with van der Waals surface area (Å²) in [6.45, 7) is 1.94. The van der Waals surface area contributed by atoms with E-state index in [0.29, 0.717) is 0 Å². The van der Waals surface area contributed by atoms with E-state index in [9.17, 15) is 18.0 Å². The largest absolute Gasteiger partial charge is 0.488 e. The molecule has 0 saturated heterocycles. The minimum atomic E-state index is -0.803. The van der Waals surface area contributed by atoms with E-state index < -0.39 is 23.7 Å². The van der Waals surface area contributed by atoms with Crippen molar-refractivity contribution in [3.8, 4) is 5.75 Å². The van der Waals surface area contributed by atoms with Gasteiger partial charge in [0.05, 0.1) is 6.04 Å². The van der Waals surface area contributed by atoms with Crippen molar-refractivity contribution in [3.05, 3.63) is 65.5 Å². The number of amides is 2. The number of ether oxygens (including phenoxy) is 1. The van der Waals surface area contributed by atoms with Gasteiger partial charge in [0.25, 0.3) is 0 Å². The molecule has 4 nitrogen and oxygen atoms in total. The summed E-state index contributed by atoms with van der Waals surface area (Å²) in [5, 5.41) is 5.23. The number of hydrogen-bond acceptors (Lipinski definition) is 2. The highest BCUT2D eigenvalue weighted by molar-refractivity contribution is 5.74. The average molecular weight is 338 g/mol. The minimum absolute atomic E-state index is 0.0204. The lowest BCUT2D eigenvalue weighted by molar-refractivity contribution is 0.224. The van der Waals surface area contributed by atoms with Gasteiger partial charge in [-0.25, -0.2) is 18.0 Å². The van der Waals surface area contributed by atoms with Crippen LogP contribution in [0.2, 0.25) is 0 Å². The van der Waals surface area contributed by atoms with Gasteiger partial charge in [0.2, 0.25) is 0 Å². The second kappa shape index (κ2) is 8.24. The first-order chi connectivity index (χ1) is 11.4. The Kier molecular flexibility index (Phi) is 6.06. The van der Waals surface area contributed by atoms with Crippen LogP contribution in [0.1, 0.15) is 12.5 Å². The van der Waals surface area contributed by atoms with Crippen molar-refractivity contribution in [2.45, 2.75) is 19.5 Å². The molecule has 1 atom stereocenters. The summed E-state index contributed by atoms with van der Waals surface area (Å²) in [5.41, 5.74) is 0.754. The number of nitrogens with one attached hydrogen (secondary N) is 2. The third-order valence-electron chi connectivity index (χ3n) is 3.13. The van der Waals surface area contributed by atoms with E-state index in [0.717, 1.165) is 17.7 Å². The molecule has 2 aromatic rings. The van der Waals surface area contributed by atoms with Gasteiger partial charge in [0.15, 0.2) is 11.6 Å². The first-order valence-electron chi connectivity index (χ1n) is 7.30. The fourth-order valence-corrected chi connectivity index (χ4v) is 1.91. The molecule has 0 aliphatic rings. The highest BCUT2D eigenvalue weighted by Crippen LogP contribution is 2.17. The Hall–Kier alpha value is -2.70. The van der Waals surface area contributed by atoms with Gasteiger partial charge in [-0.2, -0.15) is 0 Å². The molecule has 7 heteroatoms. The Bertz CT molecular complexity index is 693. The summed E-state index contributed by atoms with van der Waals surface area (Å²) in [4.78, 5) is 11.7. The number of benzene rings is 2. The predicted molar refractivity (Wildman–Crippen MR) is 83.1 cm³/mol. The summed E-state index contributed by atoms with van der Waals surface area (Å²) in [7, 11) is 0. The monoisotopic (exact) mass is 338 g/mol. The first-order valence-corrected chi connectivity index (χ1v) is 7.30. The Morgan fingerprint density at radius 1 is 1.08 bits per heavy atom. The van der Waals surface area contributed by atoms with Crippen molar-refractivity contribution in [1.29, 1.82) is 0 Å². The molecule has 0 aromatic heterocycles. The van der Waals surface area contributed by atoms with Gasteiger partial charge in [0.1, 0.15) is 18.2 Å². The molecule has 0 spiro atoms. The molecule has 2 amide bonds. The van der Waals surface area contributed by atoms with E-state index in [-0.39, 0.29) is 24.7 Å². The Morgan fingerprint density at radius 2 is 1.75 bits per heavy atom. The fraction of sp³-hybridized carbons (Fsp3) is 0.235. The topological polar surface area (TPSA) is 50.4 Å². The molecule has 24 heavy (non-hydrogen) atoms. The molecule has 0 saturated carbocycles. The third-order valence-corrected chi connectivity index (χ3v) is 3.13. The summed E-state index contributed by atoms with van der Waals surface area (Å²) in [6, 6.07) is 7.92. The molecule has 0 fully saturated rings. The summed E-state index contributed by atoms with van der Waals surface area (Å²) >= 11 is 0. The molecule has 0 radical (unpaired) electrons. The lowest BCUT2D eigenvalue weighted by atomic mass is 10.2. The third kappa shape index (κ3) is 5.49. The number of halogens is 3. The van der Waals surface area contributed by atoms with Gasteiger partial charge in [-0.15, -0.1) is 0 Å². The zero-order valence-corrected chi connectivity index (χ0v) is 13.0. The van der Waals surface area contributed by atoms with Crippen LogP contribution in [0.25, 0.3) is 0 Å². The molecule has 0 aliphatic heterocycles. The molecule has 0 heterocycles. The van der Waals surface area contributed by atoms with Crippen molar-refractivity contribution in [2.24, 2.45) is 0 Å². The molecule has 1 unspecified atom stereocenters. The zero-order valence-electron chi connectivity index (χ0n) is 13.0. The van der Waals surface area contributed by atoms with Crippen molar-refractivity contribution >= 4 is 6.03 Å². The van der Waals surface area contributed by atoms with Crippen LogP contribution >= 0.6 is 0 Å². The van der Waals surface area contributed by atoms with Gasteiger partial charge < -0.3 is 15.4 Å². The van der Waals surface area contributed by atoms with E-state index in [1.54, 1.807) is 19.1 Å². The quantitative estimate of drug-likeness (QED) is 0.848. The Labute approximate surface area is 137 Å². The summed E-state index contributed by atoms with van der Waals surface area (Å²) < 4.78 is 44.2. The van der Waals surface area contributed by atoms with E-state index in [1.165, 1.54) is 18.2 Å². The molecule has 128 valence electrons. The number of carbonyl (C=O) groups excluding carboxylic acids is 1. The van der Waals surface area contributed by atoms with Crippen molar-refractivity contribution in [1.82, 2.24) is 10.6 Å². The maximum atomic E-state index is 13.4. The van der Waals surface area contributed by atoms with Crippen LogP contribution in [0, 0.1) is 17.5 Å². The van der Waals surface area contributed by atoms with E-state index in [4.69, 9.17) is 4.74 Å². The van der Waals surface area contributed by atoms with Crippen LogP contribution < -0.4 is 15.4 Å². The first kappa shape index (κ1) is 17.7. The molecule has 2 rings (SSSR count). The Balaban J connectivity index is 1.74. The van der Waals surface area contributed by atoms with Gasteiger partial charge >= 0.3 is 6.03 Å². The number of rotatable bonds is 6. The maximum absolute atomic E-state index is 13.4. The second-order valence-corrected chi connectivity index (χ2v) is 5.24. The van der Waals surface area contributed by atoms with E-state index in [2.05, 4.69) is 10.6 Å². The minimum Gasteiger partial charge on any atom is -0.488 e. The van der Waals surface area contributed by atoms with Crippen LogP contribution in [0.3, 0.4) is 0 Å². The summed E-state index contributed by atoms with van der Waals surface area (Å²) in [5.74, 6) is -1.92. The molecular formula is C17H17F3N2O2. The van der Waals surface area contributed by atoms with Crippen LogP contribution in [-0.4, -0.2) is 18.7 Å². The smallest absolute Gasteiger partial charge is 0.315 e. The van der Waals surface area contributed by atoms with Gasteiger partial charge in [-0.3, -0.25) is 0 Å². The van der Waals surface area contributed by atoms with Crippen molar-refractivity contribution in [2.75, 3.05) is 6.61 Å². The van der Waals surface area contributed by atoms with Crippen molar-refractivity contribution < 1.29 is 22.7 Å². The second-order valence-electron chi connectivity index (χ2n) is 5.24. The average Bonchev–Trinajstić information content (AvgIpc) is 2.53. The fourth-order valence-electron chi connectivity index (χ4n) is 1.91. The number of urea groups is 1. The molecule has 0 aliphatic carbocycles. The van der Waals surface area contributed by atoms with E-state index >= 15 is 0 Å². The molecular weight excluding hydrogens is 321 g/mol. The Morgan fingerprint density at radius 3 is 2.42 bits per heavy atom. The maximum Gasteiger partial charge on any atom is 0.315 e. The number of carbonyl (C=O) groups is 1. The van der Waals surface area contributed by atoms with Crippen LogP contribution in [-0.2, 0) is 6.54 Å². The normalized spacial score (nSPS) is 11.7. The van der Waals surface area contributed by atoms with Crippen LogP contribution in [0.4, 0.5) is 18.0 Å². The SMILES string of the molecule is CC(COc1ccc(F)cc1F)NC(=O)NCc1ccc(F)cc1. The lowest BCUT2D eigenvalue weighted by Gasteiger charge is -2.16. The highest BCUT2D eigenvalue weighted by atomic mass is 19.1. The molecule has 0 bridgehead atoms.